The molecule has 1 fully saturated rings. The van der Waals surface area contributed by atoms with E-state index < -0.39 is 0 Å². The summed E-state index contributed by atoms with van der Waals surface area (Å²) in [6.07, 6.45) is 0.690. The molecule has 0 saturated carbocycles. The highest BCUT2D eigenvalue weighted by molar-refractivity contribution is 6.03. The molecule has 2 N–H and O–H groups in total. The summed E-state index contributed by atoms with van der Waals surface area (Å²) in [7, 11) is 0. The number of hydrogen-bond acceptors (Lipinski definition) is 4. The molecule has 0 spiro atoms. The second-order valence-electron chi connectivity index (χ2n) is 7.47. The third-order valence-electron chi connectivity index (χ3n) is 4.83. The number of carbonyl (C=O) groups excluding carboxylic acids is 2. The first-order valence-electron chi connectivity index (χ1n) is 10.1. The fourth-order valence-corrected chi connectivity index (χ4v) is 3.44. The normalized spacial score (nSPS) is 17.3. The predicted molar refractivity (Wildman–Crippen MR) is 114 cm³/mol. The van der Waals surface area contributed by atoms with Crippen LogP contribution < -0.4 is 10.6 Å². The van der Waals surface area contributed by atoms with E-state index in [9.17, 15) is 9.59 Å². The largest absolute Gasteiger partial charge is 0.375 e. The van der Waals surface area contributed by atoms with E-state index in [1.165, 1.54) is 5.56 Å². The highest BCUT2D eigenvalue weighted by Gasteiger charge is 2.20. The van der Waals surface area contributed by atoms with E-state index in [0.29, 0.717) is 18.8 Å². The summed E-state index contributed by atoms with van der Waals surface area (Å²) in [6.45, 7) is 5.63. The monoisotopic (exact) mass is 395 g/mol. The summed E-state index contributed by atoms with van der Waals surface area (Å²) in [5, 5.41) is 5.60. The highest BCUT2D eigenvalue weighted by Crippen LogP contribution is 2.11. The summed E-state index contributed by atoms with van der Waals surface area (Å²) in [4.78, 5) is 26.6. The lowest BCUT2D eigenvalue weighted by molar-refractivity contribution is -0.127. The van der Waals surface area contributed by atoms with Crippen molar-refractivity contribution < 1.29 is 14.3 Å². The Bertz CT molecular complexity index is 810. The fourth-order valence-electron chi connectivity index (χ4n) is 3.44. The van der Waals surface area contributed by atoms with Crippen LogP contribution in [0.25, 0.3) is 0 Å². The number of nitrogens with zero attached hydrogens (tertiary/aromatic N) is 1. The molecule has 0 radical (unpaired) electrons. The summed E-state index contributed by atoms with van der Waals surface area (Å²) < 4.78 is 5.88. The molecule has 2 aromatic carbocycles. The summed E-state index contributed by atoms with van der Waals surface area (Å²) >= 11 is 0. The van der Waals surface area contributed by atoms with Crippen LogP contribution in [0.2, 0.25) is 0 Å². The van der Waals surface area contributed by atoms with Gasteiger partial charge in [0.1, 0.15) is 6.42 Å². The van der Waals surface area contributed by atoms with Crippen molar-refractivity contribution in [2.24, 2.45) is 0 Å². The van der Waals surface area contributed by atoms with Crippen LogP contribution >= 0.6 is 0 Å². The van der Waals surface area contributed by atoms with E-state index in [2.05, 4.69) is 27.7 Å². The van der Waals surface area contributed by atoms with Crippen molar-refractivity contribution in [2.45, 2.75) is 32.4 Å². The lowest BCUT2D eigenvalue weighted by Crippen LogP contribution is -2.40. The Morgan fingerprint density at radius 3 is 2.72 bits per heavy atom. The summed E-state index contributed by atoms with van der Waals surface area (Å²) in [5.74, 6) is -0.613. The maximum atomic E-state index is 12.2. The van der Waals surface area contributed by atoms with Crippen molar-refractivity contribution in [3.8, 4) is 0 Å². The summed E-state index contributed by atoms with van der Waals surface area (Å²) in [5.41, 5.74) is 3.02. The molecule has 0 aromatic heterocycles. The molecule has 1 aliphatic heterocycles. The van der Waals surface area contributed by atoms with E-state index in [-0.39, 0.29) is 24.3 Å². The maximum absolute atomic E-state index is 12.2. The Kier molecular flexibility index (Phi) is 7.78. The van der Waals surface area contributed by atoms with Gasteiger partial charge in [-0.1, -0.05) is 42.5 Å². The van der Waals surface area contributed by atoms with Crippen LogP contribution in [0.5, 0.6) is 0 Å². The van der Waals surface area contributed by atoms with Crippen molar-refractivity contribution in [1.82, 2.24) is 10.2 Å². The van der Waals surface area contributed by atoms with Gasteiger partial charge in [-0.2, -0.15) is 0 Å². The average molecular weight is 396 g/mol. The van der Waals surface area contributed by atoms with Crippen molar-refractivity contribution in [2.75, 3.05) is 31.6 Å². The average Bonchev–Trinajstić information content (AvgIpc) is 2.92. The minimum atomic E-state index is -0.319. The van der Waals surface area contributed by atoms with Crippen LogP contribution in [-0.4, -0.2) is 49.1 Å². The molecule has 29 heavy (non-hydrogen) atoms. The number of amides is 2. The van der Waals surface area contributed by atoms with Crippen LogP contribution in [0.3, 0.4) is 0 Å². The maximum Gasteiger partial charge on any atom is 0.233 e. The standard InChI is InChI=1S/C23H29N3O3/c1-18-7-5-10-20(13-18)25-23(28)14-22(27)24-15-21-17-26(11-6-12-29-21)16-19-8-3-2-4-9-19/h2-5,7-10,13,21H,6,11-12,14-17H2,1H3,(H,24,27)(H,25,28). The second kappa shape index (κ2) is 10.7. The van der Waals surface area contributed by atoms with Gasteiger partial charge in [0.2, 0.25) is 11.8 Å². The van der Waals surface area contributed by atoms with Crippen LogP contribution in [0.4, 0.5) is 5.69 Å². The van der Waals surface area contributed by atoms with Crippen molar-refractivity contribution in [3.63, 3.8) is 0 Å². The molecule has 2 aromatic rings. The molecule has 1 saturated heterocycles. The molecule has 6 heteroatoms. The zero-order valence-electron chi connectivity index (χ0n) is 16.9. The van der Waals surface area contributed by atoms with Gasteiger partial charge in [-0.3, -0.25) is 14.5 Å². The first-order chi connectivity index (χ1) is 14.1. The molecule has 1 aliphatic rings. The van der Waals surface area contributed by atoms with Crippen LogP contribution in [0.1, 0.15) is 24.0 Å². The molecule has 1 atom stereocenters. The molecule has 0 aliphatic carbocycles. The molecule has 1 heterocycles. The fraction of sp³-hybridized carbons (Fsp3) is 0.391. The SMILES string of the molecule is Cc1cccc(NC(=O)CC(=O)NCC2CN(Cc3ccccc3)CCCO2)c1. The molecule has 2 amide bonds. The molecule has 154 valence electrons. The topological polar surface area (TPSA) is 70.7 Å². The van der Waals surface area contributed by atoms with Crippen molar-refractivity contribution >= 4 is 17.5 Å². The zero-order chi connectivity index (χ0) is 20.5. The van der Waals surface area contributed by atoms with E-state index in [1.807, 2.05) is 49.4 Å². The van der Waals surface area contributed by atoms with Gasteiger partial charge >= 0.3 is 0 Å². The van der Waals surface area contributed by atoms with E-state index in [4.69, 9.17) is 4.74 Å². The van der Waals surface area contributed by atoms with Crippen LogP contribution in [0.15, 0.2) is 54.6 Å². The van der Waals surface area contributed by atoms with Gasteiger partial charge < -0.3 is 15.4 Å². The number of benzene rings is 2. The van der Waals surface area contributed by atoms with Crippen LogP contribution in [-0.2, 0) is 20.9 Å². The minimum absolute atomic E-state index is 0.0787. The Labute approximate surface area is 172 Å². The van der Waals surface area contributed by atoms with Gasteiger partial charge in [0, 0.05) is 38.5 Å². The highest BCUT2D eigenvalue weighted by atomic mass is 16.5. The first kappa shape index (κ1) is 21.0. The molecular formula is C23H29N3O3. The molecule has 0 bridgehead atoms. The van der Waals surface area contributed by atoms with Gasteiger partial charge in [0.25, 0.3) is 0 Å². The van der Waals surface area contributed by atoms with Gasteiger partial charge in [-0.05, 0) is 36.6 Å². The predicted octanol–water partition coefficient (Wildman–Crippen LogP) is 2.73. The molecule has 3 rings (SSSR count). The van der Waals surface area contributed by atoms with E-state index in [1.54, 1.807) is 0 Å². The van der Waals surface area contributed by atoms with Crippen molar-refractivity contribution in [1.29, 1.82) is 0 Å². The molecule has 1 unspecified atom stereocenters. The molecule has 6 nitrogen and oxygen atoms in total. The van der Waals surface area contributed by atoms with Gasteiger partial charge in [-0.15, -0.1) is 0 Å². The Morgan fingerprint density at radius 1 is 1.10 bits per heavy atom. The molecular weight excluding hydrogens is 366 g/mol. The Hall–Kier alpha value is -2.70. The Balaban J connectivity index is 1.43. The van der Waals surface area contributed by atoms with Crippen LogP contribution in [0, 0.1) is 6.92 Å². The lowest BCUT2D eigenvalue weighted by atomic mass is 10.2. The third-order valence-corrected chi connectivity index (χ3v) is 4.83. The number of rotatable bonds is 7. The number of aryl methyl sites for hydroxylation is 1. The Morgan fingerprint density at radius 2 is 1.93 bits per heavy atom. The van der Waals surface area contributed by atoms with Gasteiger partial charge in [0.05, 0.1) is 6.10 Å². The smallest absolute Gasteiger partial charge is 0.233 e. The quantitative estimate of drug-likeness (QED) is 0.708. The first-order valence-corrected chi connectivity index (χ1v) is 10.1. The number of nitrogens with one attached hydrogen (secondary N) is 2. The number of anilines is 1. The number of ether oxygens (including phenoxy) is 1. The number of carbonyl (C=O) groups is 2. The van der Waals surface area contributed by atoms with Crippen molar-refractivity contribution in [3.05, 3.63) is 65.7 Å². The zero-order valence-corrected chi connectivity index (χ0v) is 16.9. The lowest BCUT2D eigenvalue weighted by Gasteiger charge is -2.24. The van der Waals surface area contributed by atoms with Gasteiger partial charge in [0.15, 0.2) is 0 Å². The van der Waals surface area contributed by atoms with Gasteiger partial charge in [-0.25, -0.2) is 0 Å². The van der Waals surface area contributed by atoms with E-state index >= 15 is 0 Å². The van der Waals surface area contributed by atoms with E-state index in [0.717, 1.165) is 31.6 Å². The second-order valence-corrected chi connectivity index (χ2v) is 7.47. The minimum Gasteiger partial charge on any atom is -0.375 e. The number of hydrogen-bond donors (Lipinski definition) is 2. The third kappa shape index (κ3) is 7.33. The summed E-state index contributed by atoms with van der Waals surface area (Å²) in [6, 6.07) is 17.9.